The van der Waals surface area contributed by atoms with Crippen molar-refractivity contribution in [1.29, 1.82) is 0 Å². The molecule has 1 atom stereocenters. The predicted molar refractivity (Wildman–Crippen MR) is 60.2 cm³/mol. The Morgan fingerprint density at radius 2 is 2.20 bits per heavy atom. The van der Waals surface area contributed by atoms with Crippen molar-refractivity contribution in [2.75, 3.05) is 6.61 Å². The van der Waals surface area contributed by atoms with Gasteiger partial charge in [0.15, 0.2) is 0 Å². The minimum Gasteiger partial charge on any atom is -0.396 e. The molecule has 1 nitrogen and oxygen atoms in total. The van der Waals surface area contributed by atoms with Crippen molar-refractivity contribution in [3.63, 3.8) is 0 Å². The summed E-state index contributed by atoms with van der Waals surface area (Å²) in [4.78, 5) is 0. The highest BCUT2D eigenvalue weighted by molar-refractivity contribution is 5.16. The summed E-state index contributed by atoms with van der Waals surface area (Å²) in [5.74, 6) is 0.0754. The van der Waals surface area contributed by atoms with Crippen LogP contribution in [0.15, 0.2) is 24.3 Å². The van der Waals surface area contributed by atoms with Gasteiger partial charge in [-0.05, 0) is 36.5 Å². The number of unbranched alkanes of at least 4 members (excludes halogenated alkanes) is 1. The molecule has 0 aliphatic carbocycles. The molecule has 0 amide bonds. The van der Waals surface area contributed by atoms with Gasteiger partial charge in [0.1, 0.15) is 5.82 Å². The SMILES string of the molecule is CCCCC(CO)Cc1cccc(F)c1. The van der Waals surface area contributed by atoms with Crippen molar-refractivity contribution in [2.45, 2.75) is 32.6 Å². The summed E-state index contributed by atoms with van der Waals surface area (Å²) in [6.07, 6.45) is 4.05. The molecule has 0 heterocycles. The molecule has 1 rings (SSSR count). The first kappa shape index (κ1) is 12.2. The van der Waals surface area contributed by atoms with Crippen LogP contribution >= 0.6 is 0 Å². The van der Waals surface area contributed by atoms with Crippen LogP contribution in [0.2, 0.25) is 0 Å². The molecule has 0 bridgehead atoms. The maximum atomic E-state index is 12.9. The Morgan fingerprint density at radius 1 is 1.40 bits per heavy atom. The van der Waals surface area contributed by atoms with Crippen LogP contribution in [0.5, 0.6) is 0 Å². The Bertz CT molecular complexity index is 286. The lowest BCUT2D eigenvalue weighted by Gasteiger charge is -2.13. The van der Waals surface area contributed by atoms with E-state index in [1.165, 1.54) is 6.07 Å². The smallest absolute Gasteiger partial charge is 0.123 e. The number of aliphatic hydroxyl groups excluding tert-OH is 1. The molecule has 2 heteroatoms. The number of rotatable bonds is 6. The molecule has 0 radical (unpaired) electrons. The molecule has 1 unspecified atom stereocenters. The van der Waals surface area contributed by atoms with Crippen molar-refractivity contribution in [3.05, 3.63) is 35.6 Å². The third kappa shape index (κ3) is 4.43. The fourth-order valence-corrected chi connectivity index (χ4v) is 1.75. The summed E-state index contributed by atoms with van der Waals surface area (Å²) in [5, 5.41) is 9.19. The first-order valence-electron chi connectivity index (χ1n) is 5.61. The maximum absolute atomic E-state index is 12.9. The van der Waals surface area contributed by atoms with Crippen LogP contribution in [0.3, 0.4) is 0 Å². The summed E-state index contributed by atoms with van der Waals surface area (Å²) >= 11 is 0. The van der Waals surface area contributed by atoms with E-state index in [1.54, 1.807) is 12.1 Å². The zero-order chi connectivity index (χ0) is 11.1. The van der Waals surface area contributed by atoms with Gasteiger partial charge in [-0.1, -0.05) is 31.9 Å². The van der Waals surface area contributed by atoms with Crippen LogP contribution in [0.25, 0.3) is 0 Å². The van der Waals surface area contributed by atoms with Crippen molar-refractivity contribution >= 4 is 0 Å². The summed E-state index contributed by atoms with van der Waals surface area (Å²) in [6.45, 7) is 2.33. The fourth-order valence-electron chi connectivity index (χ4n) is 1.75. The number of aliphatic hydroxyl groups is 1. The van der Waals surface area contributed by atoms with E-state index >= 15 is 0 Å². The van der Waals surface area contributed by atoms with Crippen molar-refractivity contribution < 1.29 is 9.50 Å². The fraction of sp³-hybridized carbons (Fsp3) is 0.538. The van der Waals surface area contributed by atoms with E-state index in [-0.39, 0.29) is 18.3 Å². The molecular weight excluding hydrogens is 191 g/mol. The first-order valence-corrected chi connectivity index (χ1v) is 5.61. The van der Waals surface area contributed by atoms with E-state index in [0.29, 0.717) is 0 Å². The second-order valence-electron chi connectivity index (χ2n) is 4.02. The van der Waals surface area contributed by atoms with Crippen molar-refractivity contribution in [1.82, 2.24) is 0 Å². The molecule has 0 spiro atoms. The molecule has 0 fully saturated rings. The predicted octanol–water partition coefficient (Wildman–Crippen LogP) is 3.17. The largest absolute Gasteiger partial charge is 0.396 e. The molecular formula is C13H19FO. The molecule has 0 saturated heterocycles. The molecule has 15 heavy (non-hydrogen) atoms. The van der Waals surface area contributed by atoms with E-state index in [9.17, 15) is 9.50 Å². The standard InChI is InChI=1S/C13H19FO/c1-2-3-5-12(10-15)8-11-6-4-7-13(14)9-11/h4,6-7,9,12,15H,2-3,5,8,10H2,1H3. The molecule has 84 valence electrons. The first-order chi connectivity index (χ1) is 7.26. The monoisotopic (exact) mass is 210 g/mol. The van der Waals surface area contributed by atoms with Gasteiger partial charge in [0.2, 0.25) is 0 Å². The Balaban J connectivity index is 2.50. The van der Waals surface area contributed by atoms with Crippen LogP contribution in [-0.2, 0) is 6.42 Å². The third-order valence-corrected chi connectivity index (χ3v) is 2.64. The van der Waals surface area contributed by atoms with Gasteiger partial charge in [-0.25, -0.2) is 4.39 Å². The lowest BCUT2D eigenvalue weighted by Crippen LogP contribution is -2.09. The van der Waals surface area contributed by atoms with E-state index in [1.807, 2.05) is 6.07 Å². The van der Waals surface area contributed by atoms with E-state index in [0.717, 1.165) is 31.2 Å². The zero-order valence-electron chi connectivity index (χ0n) is 9.25. The number of hydrogen-bond donors (Lipinski definition) is 1. The Morgan fingerprint density at radius 3 is 2.80 bits per heavy atom. The van der Waals surface area contributed by atoms with Gasteiger partial charge in [-0.15, -0.1) is 0 Å². The van der Waals surface area contributed by atoms with E-state index in [4.69, 9.17) is 0 Å². The average molecular weight is 210 g/mol. The molecule has 0 aliphatic rings. The van der Waals surface area contributed by atoms with Crippen LogP contribution in [0, 0.1) is 11.7 Å². The molecule has 1 aromatic carbocycles. The molecule has 0 saturated carbocycles. The second-order valence-corrected chi connectivity index (χ2v) is 4.02. The average Bonchev–Trinajstić information content (AvgIpc) is 2.24. The van der Waals surface area contributed by atoms with Gasteiger partial charge in [0.05, 0.1) is 0 Å². The second kappa shape index (κ2) is 6.57. The Labute approximate surface area is 90.9 Å². The van der Waals surface area contributed by atoms with Gasteiger partial charge in [0.25, 0.3) is 0 Å². The van der Waals surface area contributed by atoms with Gasteiger partial charge < -0.3 is 5.11 Å². The number of hydrogen-bond acceptors (Lipinski definition) is 1. The molecule has 1 N–H and O–H groups in total. The quantitative estimate of drug-likeness (QED) is 0.764. The number of halogens is 1. The Kier molecular flexibility index (Phi) is 5.33. The van der Waals surface area contributed by atoms with Crippen LogP contribution < -0.4 is 0 Å². The van der Waals surface area contributed by atoms with Gasteiger partial charge in [0, 0.05) is 6.61 Å². The Hall–Kier alpha value is -0.890. The molecule has 0 aliphatic heterocycles. The van der Waals surface area contributed by atoms with E-state index < -0.39 is 0 Å². The van der Waals surface area contributed by atoms with Crippen molar-refractivity contribution in [2.24, 2.45) is 5.92 Å². The minimum absolute atomic E-state index is 0.191. The summed E-state index contributed by atoms with van der Waals surface area (Å²) < 4.78 is 12.9. The summed E-state index contributed by atoms with van der Waals surface area (Å²) in [7, 11) is 0. The van der Waals surface area contributed by atoms with Gasteiger partial charge >= 0.3 is 0 Å². The molecule has 1 aromatic rings. The molecule has 0 aromatic heterocycles. The van der Waals surface area contributed by atoms with Crippen molar-refractivity contribution in [3.8, 4) is 0 Å². The maximum Gasteiger partial charge on any atom is 0.123 e. The number of benzene rings is 1. The van der Waals surface area contributed by atoms with E-state index in [2.05, 4.69) is 6.92 Å². The van der Waals surface area contributed by atoms with Crippen LogP contribution in [0.4, 0.5) is 4.39 Å². The highest BCUT2D eigenvalue weighted by atomic mass is 19.1. The highest BCUT2D eigenvalue weighted by Crippen LogP contribution is 2.15. The highest BCUT2D eigenvalue weighted by Gasteiger charge is 2.08. The lowest BCUT2D eigenvalue weighted by molar-refractivity contribution is 0.215. The van der Waals surface area contributed by atoms with Crippen LogP contribution in [-0.4, -0.2) is 11.7 Å². The normalized spacial score (nSPS) is 12.7. The van der Waals surface area contributed by atoms with Crippen LogP contribution in [0.1, 0.15) is 31.7 Å². The summed E-state index contributed by atoms with van der Waals surface area (Å²) in [6, 6.07) is 6.63. The third-order valence-electron chi connectivity index (χ3n) is 2.64. The minimum atomic E-state index is -0.195. The van der Waals surface area contributed by atoms with Gasteiger partial charge in [-0.2, -0.15) is 0 Å². The lowest BCUT2D eigenvalue weighted by atomic mass is 9.95. The topological polar surface area (TPSA) is 20.2 Å². The summed E-state index contributed by atoms with van der Waals surface area (Å²) in [5.41, 5.74) is 0.977. The van der Waals surface area contributed by atoms with Gasteiger partial charge in [-0.3, -0.25) is 0 Å². The zero-order valence-corrected chi connectivity index (χ0v) is 9.25.